The van der Waals surface area contributed by atoms with Crippen LogP contribution in [0, 0.1) is 0 Å². The van der Waals surface area contributed by atoms with Crippen molar-refractivity contribution in [1.29, 1.82) is 0 Å². The lowest BCUT2D eigenvalue weighted by atomic mass is 10.2. The lowest BCUT2D eigenvalue weighted by Gasteiger charge is -2.27. The topological polar surface area (TPSA) is 62.5 Å². The highest BCUT2D eigenvalue weighted by Crippen LogP contribution is 2.24. The molecule has 2 heterocycles. The highest BCUT2D eigenvalue weighted by Gasteiger charge is 2.30. The molecule has 1 amide bonds. The van der Waals surface area contributed by atoms with E-state index >= 15 is 0 Å². The smallest absolute Gasteiger partial charge is 0.257 e. The third-order valence-corrected chi connectivity index (χ3v) is 3.61. The van der Waals surface area contributed by atoms with Gasteiger partial charge in [0.1, 0.15) is 5.15 Å². The number of hydrogen-bond acceptors (Lipinski definition) is 4. The Hall–Kier alpha value is -1.33. The van der Waals surface area contributed by atoms with Gasteiger partial charge in [-0.25, -0.2) is 4.98 Å². The number of nitrogens with two attached hydrogens (primary N) is 1. The zero-order valence-electron chi connectivity index (χ0n) is 11.3. The van der Waals surface area contributed by atoms with Crippen LogP contribution in [0.3, 0.4) is 0 Å². The first-order valence-electron chi connectivity index (χ1n) is 6.35. The van der Waals surface area contributed by atoms with Crippen LogP contribution in [0.2, 0.25) is 5.15 Å². The molecular formula is C13H19ClN4O. The van der Waals surface area contributed by atoms with Crippen LogP contribution in [0.4, 0.5) is 5.69 Å². The van der Waals surface area contributed by atoms with Crippen molar-refractivity contribution in [2.75, 3.05) is 32.9 Å². The first-order chi connectivity index (χ1) is 8.99. The SMILES string of the molecule is CN(C)CC1CCCN1C(=O)c1cc(N)cnc1Cl. The Morgan fingerprint density at radius 2 is 2.37 bits per heavy atom. The zero-order valence-corrected chi connectivity index (χ0v) is 12.0. The Bertz CT molecular complexity index is 478. The number of aromatic nitrogens is 1. The fourth-order valence-electron chi connectivity index (χ4n) is 2.48. The van der Waals surface area contributed by atoms with Gasteiger partial charge < -0.3 is 15.5 Å². The molecule has 0 radical (unpaired) electrons. The summed E-state index contributed by atoms with van der Waals surface area (Å²) in [7, 11) is 4.02. The molecule has 2 rings (SSSR count). The lowest BCUT2D eigenvalue weighted by Crippen LogP contribution is -2.41. The van der Waals surface area contributed by atoms with E-state index in [1.807, 2.05) is 19.0 Å². The predicted octanol–water partition coefficient (Wildman–Crippen LogP) is 1.48. The molecule has 6 heteroatoms. The van der Waals surface area contributed by atoms with E-state index in [2.05, 4.69) is 9.88 Å². The van der Waals surface area contributed by atoms with Gasteiger partial charge in [0.2, 0.25) is 0 Å². The molecule has 0 bridgehead atoms. The molecule has 1 aliphatic heterocycles. The van der Waals surface area contributed by atoms with E-state index in [-0.39, 0.29) is 17.1 Å². The monoisotopic (exact) mass is 282 g/mol. The van der Waals surface area contributed by atoms with Crippen LogP contribution in [-0.2, 0) is 0 Å². The molecule has 19 heavy (non-hydrogen) atoms. The molecule has 0 aliphatic carbocycles. The Labute approximate surface area is 118 Å². The molecule has 1 atom stereocenters. The van der Waals surface area contributed by atoms with Gasteiger partial charge in [0, 0.05) is 19.1 Å². The summed E-state index contributed by atoms with van der Waals surface area (Å²) in [4.78, 5) is 20.4. The van der Waals surface area contributed by atoms with Gasteiger partial charge in [-0.2, -0.15) is 0 Å². The molecule has 2 N–H and O–H groups in total. The van der Waals surface area contributed by atoms with Crippen LogP contribution in [0.5, 0.6) is 0 Å². The summed E-state index contributed by atoms with van der Waals surface area (Å²) in [6.07, 6.45) is 3.51. The summed E-state index contributed by atoms with van der Waals surface area (Å²) in [5.41, 5.74) is 6.53. The van der Waals surface area contributed by atoms with Gasteiger partial charge in [-0.15, -0.1) is 0 Å². The summed E-state index contributed by atoms with van der Waals surface area (Å²) >= 11 is 6.00. The highest BCUT2D eigenvalue weighted by atomic mass is 35.5. The number of carbonyl (C=O) groups is 1. The Morgan fingerprint density at radius 3 is 3.05 bits per heavy atom. The van der Waals surface area contributed by atoms with E-state index in [0.29, 0.717) is 11.3 Å². The van der Waals surface area contributed by atoms with E-state index < -0.39 is 0 Å². The number of amides is 1. The molecule has 0 aromatic carbocycles. The molecule has 1 fully saturated rings. The van der Waals surface area contributed by atoms with Gasteiger partial charge in [-0.3, -0.25) is 4.79 Å². The van der Waals surface area contributed by atoms with Crippen molar-refractivity contribution in [1.82, 2.24) is 14.8 Å². The van der Waals surface area contributed by atoms with Crippen LogP contribution >= 0.6 is 11.6 Å². The average Bonchev–Trinajstić information content (AvgIpc) is 2.78. The number of rotatable bonds is 3. The minimum absolute atomic E-state index is 0.0749. The van der Waals surface area contributed by atoms with Crippen molar-refractivity contribution in [2.45, 2.75) is 18.9 Å². The van der Waals surface area contributed by atoms with Crippen LogP contribution < -0.4 is 5.73 Å². The van der Waals surface area contributed by atoms with Crippen molar-refractivity contribution in [3.05, 3.63) is 23.0 Å². The number of hydrogen-bond donors (Lipinski definition) is 1. The number of anilines is 1. The number of likely N-dealkylation sites (tertiary alicyclic amines) is 1. The zero-order chi connectivity index (χ0) is 14.0. The van der Waals surface area contributed by atoms with E-state index in [0.717, 1.165) is 25.9 Å². The Balaban J connectivity index is 2.20. The molecule has 1 aromatic rings. The van der Waals surface area contributed by atoms with Gasteiger partial charge in [0.25, 0.3) is 5.91 Å². The number of likely N-dealkylation sites (N-methyl/N-ethyl adjacent to an activating group) is 1. The molecule has 1 aliphatic rings. The predicted molar refractivity (Wildman–Crippen MR) is 76.3 cm³/mol. The maximum Gasteiger partial charge on any atom is 0.257 e. The quantitative estimate of drug-likeness (QED) is 0.853. The standard InChI is InChI=1S/C13H19ClN4O/c1-17(2)8-10-4-3-5-18(10)13(19)11-6-9(15)7-16-12(11)14/h6-7,10H,3-5,8,15H2,1-2H3. The van der Waals surface area contributed by atoms with Crippen LogP contribution in [-0.4, -0.2) is 53.9 Å². The summed E-state index contributed by atoms with van der Waals surface area (Å²) in [5, 5.41) is 0.217. The van der Waals surface area contributed by atoms with Crippen molar-refractivity contribution in [3.8, 4) is 0 Å². The third-order valence-electron chi connectivity index (χ3n) is 3.30. The van der Waals surface area contributed by atoms with Gasteiger partial charge in [-0.05, 0) is 33.0 Å². The number of nitrogens with zero attached hydrogens (tertiary/aromatic N) is 3. The maximum absolute atomic E-state index is 12.5. The van der Waals surface area contributed by atoms with Crippen molar-refractivity contribution in [2.24, 2.45) is 0 Å². The van der Waals surface area contributed by atoms with Crippen LogP contribution in [0.15, 0.2) is 12.3 Å². The minimum atomic E-state index is -0.0749. The second-order valence-corrected chi connectivity index (χ2v) is 5.52. The lowest BCUT2D eigenvalue weighted by molar-refractivity contribution is 0.0716. The van der Waals surface area contributed by atoms with Gasteiger partial charge >= 0.3 is 0 Å². The van der Waals surface area contributed by atoms with Crippen LogP contribution in [0.25, 0.3) is 0 Å². The minimum Gasteiger partial charge on any atom is -0.397 e. The number of halogens is 1. The molecule has 1 aromatic heterocycles. The second kappa shape index (κ2) is 5.75. The molecule has 0 saturated carbocycles. The van der Waals surface area contributed by atoms with E-state index in [9.17, 15) is 4.79 Å². The first kappa shape index (κ1) is 14.1. The van der Waals surface area contributed by atoms with Crippen LogP contribution in [0.1, 0.15) is 23.2 Å². The number of pyridine rings is 1. The first-order valence-corrected chi connectivity index (χ1v) is 6.73. The molecule has 1 unspecified atom stereocenters. The summed E-state index contributed by atoms with van der Waals surface area (Å²) in [6, 6.07) is 1.84. The van der Waals surface area contributed by atoms with Gasteiger partial charge in [0.05, 0.1) is 17.4 Å². The third kappa shape index (κ3) is 3.16. The van der Waals surface area contributed by atoms with E-state index in [1.165, 1.54) is 6.20 Å². The summed E-state index contributed by atoms with van der Waals surface area (Å²) < 4.78 is 0. The number of nitrogen functional groups attached to an aromatic ring is 1. The van der Waals surface area contributed by atoms with Crippen molar-refractivity contribution < 1.29 is 4.79 Å². The molecular weight excluding hydrogens is 264 g/mol. The maximum atomic E-state index is 12.5. The van der Waals surface area contributed by atoms with E-state index in [4.69, 9.17) is 17.3 Å². The van der Waals surface area contributed by atoms with Crippen molar-refractivity contribution in [3.63, 3.8) is 0 Å². The Morgan fingerprint density at radius 1 is 1.63 bits per heavy atom. The molecule has 5 nitrogen and oxygen atoms in total. The van der Waals surface area contributed by atoms with E-state index in [1.54, 1.807) is 6.07 Å². The fourth-order valence-corrected chi connectivity index (χ4v) is 2.67. The van der Waals surface area contributed by atoms with Gasteiger partial charge in [0.15, 0.2) is 0 Å². The average molecular weight is 283 g/mol. The fraction of sp³-hybridized carbons (Fsp3) is 0.538. The molecule has 0 spiro atoms. The summed E-state index contributed by atoms with van der Waals surface area (Å²) in [5.74, 6) is -0.0749. The number of carbonyl (C=O) groups excluding carboxylic acids is 1. The second-order valence-electron chi connectivity index (χ2n) is 5.16. The highest BCUT2D eigenvalue weighted by molar-refractivity contribution is 6.32. The molecule has 104 valence electrons. The van der Waals surface area contributed by atoms with Gasteiger partial charge in [-0.1, -0.05) is 11.6 Å². The normalized spacial score (nSPS) is 19.2. The summed E-state index contributed by atoms with van der Waals surface area (Å²) in [6.45, 7) is 1.63. The Kier molecular flexibility index (Phi) is 4.27. The van der Waals surface area contributed by atoms with Crippen molar-refractivity contribution >= 4 is 23.2 Å². The largest absolute Gasteiger partial charge is 0.397 e. The molecule has 1 saturated heterocycles.